The molecule has 3 nitrogen and oxygen atoms in total. The molecule has 0 fully saturated rings. The SMILES string of the molecule is CCOC(=O)Cc1ccc(C(F)(F)F)c(I)c1C#N. The van der Waals surface area contributed by atoms with Gasteiger partial charge in [0.25, 0.3) is 0 Å². The highest BCUT2D eigenvalue weighted by molar-refractivity contribution is 14.1. The number of benzene rings is 1. The summed E-state index contributed by atoms with van der Waals surface area (Å²) in [4.78, 5) is 11.3. The summed E-state index contributed by atoms with van der Waals surface area (Å²) in [5.74, 6) is -0.574. The van der Waals surface area contributed by atoms with Crippen LogP contribution in [0.3, 0.4) is 0 Å². The van der Waals surface area contributed by atoms with Gasteiger partial charge in [-0.3, -0.25) is 4.79 Å². The highest BCUT2D eigenvalue weighted by Gasteiger charge is 2.34. The highest BCUT2D eigenvalue weighted by Crippen LogP contribution is 2.35. The molecule has 1 aromatic carbocycles. The van der Waals surface area contributed by atoms with Crippen LogP contribution in [0, 0.1) is 14.9 Å². The fourth-order valence-corrected chi connectivity index (χ4v) is 2.42. The molecule has 0 aromatic heterocycles. The van der Waals surface area contributed by atoms with Gasteiger partial charge in [0.1, 0.15) is 6.07 Å². The predicted octanol–water partition coefficient (Wildman–Crippen LogP) is 3.29. The van der Waals surface area contributed by atoms with Gasteiger partial charge in [-0.25, -0.2) is 0 Å². The largest absolute Gasteiger partial charge is 0.466 e. The first-order valence-corrected chi connectivity index (χ1v) is 6.33. The second-order valence-corrected chi connectivity index (χ2v) is 4.63. The first-order valence-electron chi connectivity index (χ1n) is 5.25. The minimum Gasteiger partial charge on any atom is -0.466 e. The molecule has 0 aliphatic carbocycles. The Morgan fingerprint density at radius 1 is 1.47 bits per heavy atom. The molecule has 0 atom stereocenters. The Bertz CT molecular complexity index is 535. The first kappa shape index (κ1) is 15.8. The summed E-state index contributed by atoms with van der Waals surface area (Å²) in [6, 6.07) is 3.72. The maximum atomic E-state index is 12.7. The minimum absolute atomic E-state index is 0.136. The smallest absolute Gasteiger partial charge is 0.417 e. The third-order valence-electron chi connectivity index (χ3n) is 2.29. The lowest BCUT2D eigenvalue weighted by Gasteiger charge is -2.12. The van der Waals surface area contributed by atoms with Crippen molar-refractivity contribution in [1.82, 2.24) is 0 Å². The number of carbonyl (C=O) groups excluding carboxylic acids is 1. The molecule has 0 radical (unpaired) electrons. The van der Waals surface area contributed by atoms with E-state index >= 15 is 0 Å². The minimum atomic E-state index is -4.52. The number of nitriles is 1. The van der Waals surface area contributed by atoms with Crippen molar-refractivity contribution in [2.75, 3.05) is 6.61 Å². The van der Waals surface area contributed by atoms with Gasteiger partial charge < -0.3 is 4.74 Å². The van der Waals surface area contributed by atoms with Gasteiger partial charge in [0.05, 0.1) is 24.2 Å². The van der Waals surface area contributed by atoms with Crippen molar-refractivity contribution in [1.29, 1.82) is 5.26 Å². The summed E-state index contributed by atoms with van der Waals surface area (Å²) in [6.45, 7) is 1.80. The summed E-state index contributed by atoms with van der Waals surface area (Å²) in [5.41, 5.74) is -0.779. The van der Waals surface area contributed by atoms with E-state index in [0.717, 1.165) is 12.1 Å². The lowest BCUT2D eigenvalue weighted by molar-refractivity contribution is -0.142. The van der Waals surface area contributed by atoms with E-state index in [1.54, 1.807) is 13.0 Å². The van der Waals surface area contributed by atoms with Crippen molar-refractivity contribution in [3.8, 4) is 6.07 Å². The van der Waals surface area contributed by atoms with Crippen molar-refractivity contribution in [3.05, 3.63) is 32.4 Å². The number of nitrogens with zero attached hydrogens (tertiary/aromatic N) is 1. The number of carbonyl (C=O) groups is 1. The number of halogens is 4. The maximum Gasteiger partial charge on any atom is 0.417 e. The highest BCUT2D eigenvalue weighted by atomic mass is 127. The van der Waals surface area contributed by atoms with Gasteiger partial charge in [0.2, 0.25) is 0 Å². The van der Waals surface area contributed by atoms with E-state index in [-0.39, 0.29) is 27.7 Å². The van der Waals surface area contributed by atoms with Crippen LogP contribution in [-0.4, -0.2) is 12.6 Å². The second-order valence-electron chi connectivity index (χ2n) is 3.55. The van der Waals surface area contributed by atoms with E-state index < -0.39 is 17.7 Å². The molecule has 0 N–H and O–H groups in total. The lowest BCUT2D eigenvalue weighted by Crippen LogP contribution is -2.13. The monoisotopic (exact) mass is 383 g/mol. The lowest BCUT2D eigenvalue weighted by atomic mass is 10.0. The van der Waals surface area contributed by atoms with E-state index in [4.69, 9.17) is 10.00 Å². The number of hydrogen-bond donors (Lipinski definition) is 0. The second kappa shape index (κ2) is 6.23. The van der Waals surface area contributed by atoms with Crippen LogP contribution in [0.4, 0.5) is 13.2 Å². The van der Waals surface area contributed by atoms with Crippen LogP contribution in [0.15, 0.2) is 12.1 Å². The molecule has 0 unspecified atom stereocenters. The fraction of sp³-hybridized carbons (Fsp3) is 0.333. The molecule has 0 heterocycles. The van der Waals surface area contributed by atoms with Gasteiger partial charge in [-0.2, -0.15) is 18.4 Å². The van der Waals surface area contributed by atoms with Crippen LogP contribution >= 0.6 is 22.6 Å². The zero-order valence-corrected chi connectivity index (χ0v) is 12.0. The van der Waals surface area contributed by atoms with Gasteiger partial charge in [-0.1, -0.05) is 6.07 Å². The quantitative estimate of drug-likeness (QED) is 0.595. The van der Waals surface area contributed by atoms with Gasteiger partial charge in [-0.15, -0.1) is 0 Å². The molecule has 0 aliphatic heterocycles. The molecule has 7 heteroatoms. The van der Waals surface area contributed by atoms with E-state index in [9.17, 15) is 18.0 Å². The van der Waals surface area contributed by atoms with Crippen molar-refractivity contribution < 1.29 is 22.7 Å². The normalized spacial score (nSPS) is 10.9. The van der Waals surface area contributed by atoms with Gasteiger partial charge >= 0.3 is 12.1 Å². The van der Waals surface area contributed by atoms with Crippen molar-refractivity contribution >= 4 is 28.6 Å². The van der Waals surface area contributed by atoms with E-state index in [2.05, 4.69) is 0 Å². The number of hydrogen-bond acceptors (Lipinski definition) is 3. The average Bonchev–Trinajstić information content (AvgIpc) is 2.27. The molecule has 0 amide bonds. The number of ether oxygens (including phenoxy) is 1. The van der Waals surface area contributed by atoms with E-state index in [1.165, 1.54) is 22.6 Å². The molecule has 0 saturated heterocycles. The topological polar surface area (TPSA) is 50.1 Å². The summed E-state index contributed by atoms with van der Waals surface area (Å²) in [7, 11) is 0. The third-order valence-corrected chi connectivity index (χ3v) is 3.41. The Hall–Kier alpha value is -1.30. The molecule has 0 bridgehead atoms. The molecule has 1 rings (SSSR count). The molecule has 0 spiro atoms. The number of alkyl halides is 3. The van der Waals surface area contributed by atoms with Crippen LogP contribution in [0.2, 0.25) is 0 Å². The predicted molar refractivity (Wildman–Crippen MR) is 69.2 cm³/mol. The molecule has 19 heavy (non-hydrogen) atoms. The summed E-state index contributed by atoms with van der Waals surface area (Å²) in [6.07, 6.45) is -4.74. The molecule has 0 aliphatic rings. The van der Waals surface area contributed by atoms with Crippen LogP contribution in [0.1, 0.15) is 23.6 Å². The van der Waals surface area contributed by atoms with Crippen LogP contribution in [0.5, 0.6) is 0 Å². The van der Waals surface area contributed by atoms with Crippen molar-refractivity contribution in [2.45, 2.75) is 19.5 Å². The summed E-state index contributed by atoms with van der Waals surface area (Å²) < 4.78 is 42.5. The molecular formula is C12H9F3INO2. The molecule has 0 saturated carbocycles. The van der Waals surface area contributed by atoms with E-state index in [0.29, 0.717) is 0 Å². The molecular weight excluding hydrogens is 374 g/mol. The standard InChI is InChI=1S/C12H9F3INO2/c1-2-19-10(18)5-7-3-4-9(12(13,14)15)11(16)8(7)6-17/h3-4H,2,5H2,1H3. The van der Waals surface area contributed by atoms with E-state index in [1.807, 2.05) is 0 Å². The summed E-state index contributed by atoms with van der Waals surface area (Å²) >= 11 is 1.47. The van der Waals surface area contributed by atoms with Gasteiger partial charge in [0, 0.05) is 3.57 Å². The molecule has 102 valence electrons. The Morgan fingerprint density at radius 3 is 2.58 bits per heavy atom. The first-order chi connectivity index (χ1) is 8.81. The van der Waals surface area contributed by atoms with Crippen LogP contribution in [0.25, 0.3) is 0 Å². The Balaban J connectivity index is 3.21. The number of rotatable bonds is 3. The number of esters is 1. The zero-order chi connectivity index (χ0) is 14.6. The summed E-state index contributed by atoms with van der Waals surface area (Å²) in [5, 5.41) is 8.96. The fourth-order valence-electron chi connectivity index (χ4n) is 1.47. The van der Waals surface area contributed by atoms with Crippen molar-refractivity contribution in [3.63, 3.8) is 0 Å². The third kappa shape index (κ3) is 3.83. The van der Waals surface area contributed by atoms with Gasteiger partial charge in [0.15, 0.2) is 0 Å². The maximum absolute atomic E-state index is 12.7. The Morgan fingerprint density at radius 2 is 2.11 bits per heavy atom. The zero-order valence-electron chi connectivity index (χ0n) is 9.84. The average molecular weight is 383 g/mol. The van der Waals surface area contributed by atoms with Crippen LogP contribution < -0.4 is 0 Å². The Labute approximate surface area is 121 Å². The Kier molecular flexibility index (Phi) is 5.17. The molecule has 1 aromatic rings. The van der Waals surface area contributed by atoms with Crippen LogP contribution in [-0.2, 0) is 22.1 Å². The van der Waals surface area contributed by atoms with Crippen molar-refractivity contribution in [2.24, 2.45) is 0 Å². The van der Waals surface area contributed by atoms with Gasteiger partial charge in [-0.05, 0) is 41.1 Å².